The Bertz CT molecular complexity index is 1240. The fourth-order valence-corrected chi connectivity index (χ4v) is 3.94. The lowest BCUT2D eigenvalue weighted by Gasteiger charge is -2.13. The third-order valence-electron chi connectivity index (χ3n) is 4.21. The van der Waals surface area contributed by atoms with Crippen molar-refractivity contribution in [2.75, 3.05) is 4.72 Å². The van der Waals surface area contributed by atoms with E-state index in [1.165, 1.54) is 12.1 Å². The summed E-state index contributed by atoms with van der Waals surface area (Å²) in [6, 6.07) is 22.1. The molecule has 1 aromatic heterocycles. The maximum absolute atomic E-state index is 12.8. The largest absolute Gasteiger partial charge is 0.508 e. The lowest BCUT2D eigenvalue weighted by atomic mass is 10.1. The number of phenols is 1. The van der Waals surface area contributed by atoms with Crippen LogP contribution in [0.3, 0.4) is 0 Å². The average molecular weight is 407 g/mol. The molecule has 7 heteroatoms. The molecule has 0 atom stereocenters. The highest BCUT2D eigenvalue weighted by molar-refractivity contribution is 7.92. The van der Waals surface area contributed by atoms with Crippen LogP contribution in [0.5, 0.6) is 5.75 Å². The molecule has 0 unspecified atom stereocenters. The molecule has 29 heavy (non-hydrogen) atoms. The van der Waals surface area contributed by atoms with Crippen molar-refractivity contribution in [1.29, 1.82) is 0 Å². The zero-order chi connectivity index (χ0) is 19.6. The number of fused-ring (bicyclic) bond motifs is 1. The Labute approximate surface area is 170 Å². The van der Waals surface area contributed by atoms with Crippen LogP contribution in [0.4, 0.5) is 5.82 Å². The first-order chi connectivity index (χ1) is 13.5. The maximum Gasteiger partial charge on any atom is 0.263 e. The third kappa shape index (κ3) is 4.52. The molecule has 0 aliphatic rings. The van der Waals surface area contributed by atoms with Crippen molar-refractivity contribution in [1.82, 2.24) is 9.97 Å². The van der Waals surface area contributed by atoms with Crippen LogP contribution in [0.2, 0.25) is 0 Å². The smallest absolute Gasteiger partial charge is 0.263 e. The molecule has 3 aromatic carbocycles. The van der Waals surface area contributed by atoms with Crippen molar-refractivity contribution in [2.24, 2.45) is 0 Å². The van der Waals surface area contributed by atoms with E-state index in [4.69, 9.17) is 0 Å². The van der Waals surface area contributed by atoms with E-state index in [0.29, 0.717) is 23.1 Å². The van der Waals surface area contributed by atoms with Crippen LogP contribution in [0.25, 0.3) is 11.0 Å². The molecular weight excluding hydrogens is 386 g/mol. The summed E-state index contributed by atoms with van der Waals surface area (Å²) in [6.45, 7) is 0. The average Bonchev–Trinajstić information content (AvgIpc) is 2.69. The normalized spacial score (nSPS) is 11.0. The number of nitrogens with one attached hydrogen (secondary N) is 1. The van der Waals surface area contributed by atoms with E-state index in [0.717, 1.165) is 5.56 Å². The molecule has 0 bridgehead atoms. The molecule has 0 fully saturated rings. The molecule has 0 spiro atoms. The third-order valence-corrected chi connectivity index (χ3v) is 5.56. The van der Waals surface area contributed by atoms with Crippen molar-refractivity contribution in [2.45, 2.75) is 18.7 Å². The highest BCUT2D eigenvalue weighted by Gasteiger charge is 2.18. The number of aromatic nitrogens is 2. The van der Waals surface area contributed by atoms with Gasteiger partial charge in [-0.05, 0) is 42.0 Å². The summed E-state index contributed by atoms with van der Waals surface area (Å²) in [5.41, 5.74) is 2.53. The Balaban J connectivity index is 0.00000240. The number of para-hydroxylation sites is 2. The summed E-state index contributed by atoms with van der Waals surface area (Å²) in [7, 11) is -3.81. The number of benzene rings is 3. The predicted molar refractivity (Wildman–Crippen MR) is 114 cm³/mol. The zero-order valence-corrected chi connectivity index (χ0v) is 15.6. The van der Waals surface area contributed by atoms with E-state index in [1.807, 2.05) is 24.3 Å². The number of phenolic OH excluding ortho intramolecular Hbond substituents is 1. The maximum atomic E-state index is 12.8. The fourth-order valence-electron chi connectivity index (χ4n) is 2.89. The lowest BCUT2D eigenvalue weighted by Crippen LogP contribution is -2.16. The second-order valence-electron chi connectivity index (χ2n) is 6.27. The van der Waals surface area contributed by atoms with Gasteiger partial charge in [-0.15, -0.1) is 0 Å². The molecule has 4 aromatic rings. The van der Waals surface area contributed by atoms with Gasteiger partial charge in [0.15, 0.2) is 5.82 Å². The quantitative estimate of drug-likeness (QED) is 0.513. The number of nitrogens with zero attached hydrogens (tertiary/aromatic N) is 2. The molecule has 1 heterocycles. The Kier molecular flexibility index (Phi) is 5.79. The summed E-state index contributed by atoms with van der Waals surface area (Å²) in [5.74, 6) is 0.309. The number of hydrogen-bond acceptors (Lipinski definition) is 5. The number of rotatable bonds is 5. The number of hydrogen-bond donors (Lipinski definition) is 2. The Hall–Kier alpha value is -3.45. The van der Waals surface area contributed by atoms with Gasteiger partial charge in [-0.2, -0.15) is 0 Å². The van der Waals surface area contributed by atoms with Gasteiger partial charge in [0.1, 0.15) is 5.75 Å². The van der Waals surface area contributed by atoms with Gasteiger partial charge in [-0.25, -0.2) is 18.4 Å². The SMILES string of the molecule is C.O=S(=O)(Nc1nc2ccccc2nc1Cc1cccc(O)c1)c1ccccc1. The van der Waals surface area contributed by atoms with E-state index in [-0.39, 0.29) is 23.9 Å². The van der Waals surface area contributed by atoms with Crippen LogP contribution in [0, 0.1) is 0 Å². The van der Waals surface area contributed by atoms with Gasteiger partial charge >= 0.3 is 0 Å². The summed E-state index contributed by atoms with van der Waals surface area (Å²) >= 11 is 0. The summed E-state index contributed by atoms with van der Waals surface area (Å²) in [4.78, 5) is 9.24. The van der Waals surface area contributed by atoms with Crippen molar-refractivity contribution in [3.63, 3.8) is 0 Å². The molecule has 4 rings (SSSR count). The van der Waals surface area contributed by atoms with Crippen molar-refractivity contribution in [3.8, 4) is 5.75 Å². The number of sulfonamides is 1. The first-order valence-corrected chi connectivity index (χ1v) is 10.1. The van der Waals surface area contributed by atoms with Crippen molar-refractivity contribution in [3.05, 3.63) is 90.1 Å². The molecule has 0 saturated heterocycles. The van der Waals surface area contributed by atoms with Crippen LogP contribution in [0.15, 0.2) is 83.8 Å². The van der Waals surface area contributed by atoms with Gasteiger partial charge < -0.3 is 5.11 Å². The van der Waals surface area contributed by atoms with Crippen LogP contribution in [-0.2, 0) is 16.4 Å². The van der Waals surface area contributed by atoms with Gasteiger partial charge in [-0.3, -0.25) is 4.72 Å². The van der Waals surface area contributed by atoms with Gasteiger partial charge in [0.25, 0.3) is 10.0 Å². The Morgan fingerprint density at radius 3 is 2.17 bits per heavy atom. The molecule has 2 N–H and O–H groups in total. The van der Waals surface area contributed by atoms with Crippen LogP contribution in [-0.4, -0.2) is 23.5 Å². The van der Waals surface area contributed by atoms with E-state index in [9.17, 15) is 13.5 Å². The molecule has 148 valence electrons. The fraction of sp³-hybridized carbons (Fsp3) is 0.0909. The molecule has 0 aliphatic heterocycles. The minimum absolute atomic E-state index is 0. The molecule has 0 aliphatic carbocycles. The molecule has 0 amide bonds. The van der Waals surface area contributed by atoms with Gasteiger partial charge in [-0.1, -0.05) is 49.9 Å². The minimum Gasteiger partial charge on any atom is -0.508 e. The van der Waals surface area contributed by atoms with E-state index in [2.05, 4.69) is 14.7 Å². The van der Waals surface area contributed by atoms with E-state index < -0.39 is 10.0 Å². The monoisotopic (exact) mass is 407 g/mol. The lowest BCUT2D eigenvalue weighted by molar-refractivity contribution is 0.474. The molecule has 0 radical (unpaired) electrons. The number of anilines is 1. The van der Waals surface area contributed by atoms with Crippen LogP contribution >= 0.6 is 0 Å². The van der Waals surface area contributed by atoms with Crippen LogP contribution < -0.4 is 4.72 Å². The van der Waals surface area contributed by atoms with Gasteiger partial charge in [0.05, 0.1) is 21.6 Å². The van der Waals surface area contributed by atoms with Gasteiger partial charge in [0, 0.05) is 6.42 Å². The second-order valence-corrected chi connectivity index (χ2v) is 7.96. The molecular formula is C22H21N3O3S. The van der Waals surface area contributed by atoms with Crippen molar-refractivity contribution >= 4 is 26.9 Å². The predicted octanol–water partition coefficient (Wildman–Crippen LogP) is 4.36. The molecule has 0 saturated carbocycles. The van der Waals surface area contributed by atoms with Crippen LogP contribution in [0.1, 0.15) is 18.7 Å². The van der Waals surface area contributed by atoms with E-state index >= 15 is 0 Å². The number of aromatic hydroxyl groups is 1. The van der Waals surface area contributed by atoms with E-state index in [1.54, 1.807) is 42.5 Å². The Morgan fingerprint density at radius 2 is 1.48 bits per heavy atom. The standard InChI is InChI=1S/C21H17N3O3S.CH4/c25-16-8-6-7-15(13-16)14-20-21(23-19-12-5-4-11-18(19)22-20)24-28(26,27)17-9-2-1-3-10-17;/h1-13,25H,14H2,(H,23,24);1H4. The summed E-state index contributed by atoms with van der Waals surface area (Å²) in [5, 5.41) is 9.72. The topological polar surface area (TPSA) is 92.2 Å². The Morgan fingerprint density at radius 1 is 0.828 bits per heavy atom. The highest BCUT2D eigenvalue weighted by Crippen LogP contribution is 2.23. The molecule has 6 nitrogen and oxygen atoms in total. The minimum atomic E-state index is -3.81. The van der Waals surface area contributed by atoms with Gasteiger partial charge in [0.2, 0.25) is 0 Å². The zero-order valence-electron chi connectivity index (χ0n) is 14.8. The second kappa shape index (κ2) is 8.28. The first-order valence-electron chi connectivity index (χ1n) is 8.63. The summed E-state index contributed by atoms with van der Waals surface area (Å²) in [6.07, 6.45) is 0.318. The van der Waals surface area contributed by atoms with Crippen molar-refractivity contribution < 1.29 is 13.5 Å². The highest BCUT2D eigenvalue weighted by atomic mass is 32.2. The summed E-state index contributed by atoms with van der Waals surface area (Å²) < 4.78 is 28.1. The first kappa shape index (κ1) is 20.3.